The van der Waals surface area contributed by atoms with Crippen molar-refractivity contribution < 1.29 is 4.79 Å². The first kappa shape index (κ1) is 25.2. The van der Waals surface area contributed by atoms with E-state index in [9.17, 15) is 4.79 Å². The molecule has 1 aromatic carbocycles. The fraction of sp³-hybridized carbons (Fsp3) is 0.650. The second kappa shape index (κ2) is 13.4. The van der Waals surface area contributed by atoms with E-state index in [0.29, 0.717) is 12.3 Å². The molecule has 1 aliphatic heterocycles. The van der Waals surface area contributed by atoms with Crippen molar-refractivity contribution in [1.82, 2.24) is 9.80 Å². The van der Waals surface area contributed by atoms with Gasteiger partial charge >= 0.3 is 0 Å². The normalized spacial score (nSPS) is 15.9. The van der Waals surface area contributed by atoms with Crippen molar-refractivity contribution in [2.45, 2.75) is 45.1 Å². The first-order chi connectivity index (χ1) is 11.6. The van der Waals surface area contributed by atoms with Crippen molar-refractivity contribution in [3.8, 4) is 0 Å². The molecule has 0 spiro atoms. The predicted octanol–water partition coefficient (Wildman–Crippen LogP) is 3.37. The monoisotopic (exact) mass is 403 g/mol. The second-order valence-electron chi connectivity index (χ2n) is 7.18. The van der Waals surface area contributed by atoms with Gasteiger partial charge in [0.25, 0.3) is 0 Å². The number of benzene rings is 1. The number of carbonyl (C=O) groups is 1. The Morgan fingerprint density at radius 1 is 1.23 bits per heavy atom. The molecule has 2 N–H and O–H groups in total. The largest absolute Gasteiger partial charge is 0.341 e. The minimum Gasteiger partial charge on any atom is -0.341 e. The number of carbonyl (C=O) groups excluding carboxylic acids is 1. The van der Waals surface area contributed by atoms with Crippen LogP contribution in [0.4, 0.5) is 0 Å². The van der Waals surface area contributed by atoms with E-state index in [1.807, 2.05) is 35.2 Å². The van der Waals surface area contributed by atoms with Crippen LogP contribution in [0, 0.1) is 5.92 Å². The lowest BCUT2D eigenvalue weighted by Gasteiger charge is -2.35. The van der Waals surface area contributed by atoms with Crippen molar-refractivity contribution in [3.63, 3.8) is 0 Å². The number of halogens is 2. The Morgan fingerprint density at radius 2 is 1.85 bits per heavy atom. The summed E-state index contributed by atoms with van der Waals surface area (Å²) >= 11 is 0. The number of likely N-dealkylation sites (tertiary alicyclic amines) is 1. The number of rotatable bonds is 8. The standard InChI is InChI=1S/C20H33N3O.2ClH/c1-3-4-12-22(2)16-18-10-13-23(14-11-18)20(24)19(21)15-17-8-6-5-7-9-17;;/h5-9,18-19H,3-4,10-16,21H2,1-2H3;2*1H. The molecule has 6 heteroatoms. The highest BCUT2D eigenvalue weighted by molar-refractivity contribution is 5.85. The van der Waals surface area contributed by atoms with Gasteiger partial charge in [0.05, 0.1) is 6.04 Å². The summed E-state index contributed by atoms with van der Waals surface area (Å²) in [5, 5.41) is 0. The minimum atomic E-state index is -0.420. The molecule has 2 rings (SSSR count). The van der Waals surface area contributed by atoms with E-state index >= 15 is 0 Å². The fourth-order valence-electron chi connectivity index (χ4n) is 3.49. The summed E-state index contributed by atoms with van der Waals surface area (Å²) in [6.07, 6.45) is 5.33. The van der Waals surface area contributed by atoms with Crippen molar-refractivity contribution in [1.29, 1.82) is 0 Å². The molecule has 0 aliphatic carbocycles. The van der Waals surface area contributed by atoms with Crippen LogP contribution in [0.1, 0.15) is 38.2 Å². The average molecular weight is 404 g/mol. The summed E-state index contributed by atoms with van der Waals surface area (Å²) in [5.74, 6) is 0.817. The van der Waals surface area contributed by atoms with E-state index in [-0.39, 0.29) is 30.7 Å². The van der Waals surface area contributed by atoms with Crippen LogP contribution in [0.3, 0.4) is 0 Å². The topological polar surface area (TPSA) is 49.6 Å². The summed E-state index contributed by atoms with van der Waals surface area (Å²) in [6, 6.07) is 9.62. The Balaban J connectivity index is 0.00000312. The van der Waals surface area contributed by atoms with Gasteiger partial charge in [-0.05, 0) is 50.8 Å². The molecule has 1 aromatic rings. The molecule has 0 radical (unpaired) electrons. The zero-order valence-electron chi connectivity index (χ0n) is 16.1. The van der Waals surface area contributed by atoms with Crippen LogP contribution in [0.2, 0.25) is 0 Å². The van der Waals surface area contributed by atoms with E-state index in [2.05, 4.69) is 18.9 Å². The lowest BCUT2D eigenvalue weighted by atomic mass is 9.95. The Bertz CT molecular complexity index is 493. The maximum Gasteiger partial charge on any atom is 0.239 e. The molecule has 1 aliphatic rings. The molecule has 0 saturated carbocycles. The number of unbranched alkanes of at least 4 members (excludes halogenated alkanes) is 1. The minimum absolute atomic E-state index is 0. The second-order valence-corrected chi connectivity index (χ2v) is 7.18. The molecule has 1 unspecified atom stereocenters. The number of piperidine rings is 1. The fourth-order valence-corrected chi connectivity index (χ4v) is 3.49. The van der Waals surface area contributed by atoms with Crippen LogP contribution in [0.5, 0.6) is 0 Å². The van der Waals surface area contributed by atoms with Crippen LogP contribution in [0.25, 0.3) is 0 Å². The molecule has 26 heavy (non-hydrogen) atoms. The van der Waals surface area contributed by atoms with Gasteiger partial charge < -0.3 is 15.5 Å². The molecule has 4 nitrogen and oxygen atoms in total. The summed E-state index contributed by atoms with van der Waals surface area (Å²) in [6.45, 7) is 6.27. The highest BCUT2D eigenvalue weighted by Crippen LogP contribution is 2.19. The van der Waals surface area contributed by atoms with Crippen molar-refractivity contribution >= 4 is 30.7 Å². The molecule has 0 bridgehead atoms. The van der Waals surface area contributed by atoms with Crippen LogP contribution in [-0.4, -0.2) is 55.0 Å². The van der Waals surface area contributed by atoms with Crippen molar-refractivity contribution in [3.05, 3.63) is 35.9 Å². The molecule has 1 atom stereocenters. The quantitative estimate of drug-likeness (QED) is 0.723. The third-order valence-corrected chi connectivity index (χ3v) is 5.01. The summed E-state index contributed by atoms with van der Waals surface area (Å²) in [4.78, 5) is 17.0. The highest BCUT2D eigenvalue weighted by atomic mass is 35.5. The van der Waals surface area contributed by atoms with E-state index in [1.165, 1.54) is 19.4 Å². The van der Waals surface area contributed by atoms with Crippen LogP contribution < -0.4 is 5.73 Å². The summed E-state index contributed by atoms with van der Waals surface area (Å²) in [5.41, 5.74) is 7.28. The molecule has 150 valence electrons. The van der Waals surface area contributed by atoms with Gasteiger partial charge in [-0.3, -0.25) is 4.79 Å². The Kier molecular flexibility index (Phi) is 13.0. The Hall–Kier alpha value is -0.810. The molecule has 1 saturated heterocycles. The van der Waals surface area contributed by atoms with Gasteiger partial charge in [-0.1, -0.05) is 43.7 Å². The smallest absolute Gasteiger partial charge is 0.239 e. The lowest BCUT2D eigenvalue weighted by molar-refractivity contribution is -0.134. The number of hydrogen-bond acceptors (Lipinski definition) is 3. The number of nitrogens with two attached hydrogens (primary N) is 1. The number of nitrogens with zero attached hydrogens (tertiary/aromatic N) is 2. The summed E-state index contributed by atoms with van der Waals surface area (Å²) in [7, 11) is 2.21. The van der Waals surface area contributed by atoms with E-state index in [1.54, 1.807) is 0 Å². The van der Waals surface area contributed by atoms with Crippen molar-refractivity contribution in [2.24, 2.45) is 11.7 Å². The zero-order valence-corrected chi connectivity index (χ0v) is 17.7. The lowest BCUT2D eigenvalue weighted by Crippen LogP contribution is -2.48. The number of amides is 1. The predicted molar refractivity (Wildman–Crippen MR) is 114 cm³/mol. The SMILES string of the molecule is CCCCN(C)CC1CCN(C(=O)C(N)Cc2ccccc2)CC1.Cl.Cl. The van der Waals surface area contributed by atoms with Gasteiger partial charge in [0.1, 0.15) is 0 Å². The summed E-state index contributed by atoms with van der Waals surface area (Å²) < 4.78 is 0. The molecular weight excluding hydrogens is 369 g/mol. The third-order valence-electron chi connectivity index (χ3n) is 5.01. The molecule has 1 fully saturated rings. The molecule has 0 aromatic heterocycles. The van der Waals surface area contributed by atoms with Crippen LogP contribution in [0.15, 0.2) is 30.3 Å². The molecular formula is C20H35Cl2N3O. The van der Waals surface area contributed by atoms with E-state index in [0.717, 1.165) is 38.0 Å². The van der Waals surface area contributed by atoms with Crippen LogP contribution >= 0.6 is 24.8 Å². The average Bonchev–Trinajstić information content (AvgIpc) is 2.61. The maximum absolute atomic E-state index is 12.6. The van der Waals surface area contributed by atoms with Crippen LogP contribution in [-0.2, 0) is 11.2 Å². The van der Waals surface area contributed by atoms with E-state index < -0.39 is 6.04 Å². The van der Waals surface area contributed by atoms with Gasteiger partial charge in [-0.2, -0.15) is 0 Å². The van der Waals surface area contributed by atoms with Crippen molar-refractivity contribution in [2.75, 3.05) is 33.2 Å². The first-order valence-electron chi connectivity index (χ1n) is 9.37. The van der Waals surface area contributed by atoms with Gasteiger partial charge in [-0.25, -0.2) is 0 Å². The highest BCUT2D eigenvalue weighted by Gasteiger charge is 2.26. The van der Waals surface area contributed by atoms with Gasteiger partial charge in [0, 0.05) is 19.6 Å². The molecule has 1 heterocycles. The van der Waals surface area contributed by atoms with Gasteiger partial charge in [-0.15, -0.1) is 24.8 Å². The Morgan fingerprint density at radius 3 is 2.42 bits per heavy atom. The van der Waals surface area contributed by atoms with Gasteiger partial charge in [0.2, 0.25) is 5.91 Å². The Labute approximate surface area is 171 Å². The zero-order chi connectivity index (χ0) is 17.4. The maximum atomic E-state index is 12.6. The van der Waals surface area contributed by atoms with Gasteiger partial charge in [0.15, 0.2) is 0 Å². The first-order valence-corrected chi connectivity index (χ1v) is 9.37. The third kappa shape index (κ3) is 8.26. The number of hydrogen-bond donors (Lipinski definition) is 1. The molecule has 1 amide bonds. The van der Waals surface area contributed by atoms with E-state index in [4.69, 9.17) is 5.73 Å².